The summed E-state index contributed by atoms with van der Waals surface area (Å²) in [6, 6.07) is -0.900. The lowest BCUT2D eigenvalue weighted by Gasteiger charge is -2.35. The molecule has 1 fully saturated rings. The van der Waals surface area contributed by atoms with Crippen molar-refractivity contribution < 1.29 is 37.0 Å². The zero-order valence-corrected chi connectivity index (χ0v) is 27.6. The second-order valence-electron chi connectivity index (χ2n) is 11.5. The smallest absolute Gasteiger partial charge is 0.409 e. The number of aliphatic imine (C=N–C) groups is 1. The van der Waals surface area contributed by atoms with Crippen LogP contribution in [0.5, 0.6) is 5.75 Å². The fraction of sp³-hybridized carbons (Fsp3) is 0.655. The third-order valence-electron chi connectivity index (χ3n) is 7.72. The lowest BCUT2D eigenvalue weighted by atomic mass is 9.94. The number of guanidine groups is 1. The molecule has 4 N–H and O–H groups in total. The van der Waals surface area contributed by atoms with Crippen molar-refractivity contribution in [3.63, 3.8) is 0 Å². The largest absolute Gasteiger partial charge is 0.487 e. The van der Waals surface area contributed by atoms with Crippen LogP contribution in [0, 0.1) is 20.8 Å². The minimum atomic E-state index is -4.05. The highest BCUT2D eigenvalue weighted by atomic mass is 32.2. The van der Waals surface area contributed by atoms with Gasteiger partial charge < -0.3 is 35.1 Å². The van der Waals surface area contributed by atoms with E-state index in [1.54, 1.807) is 32.6 Å². The second-order valence-corrected chi connectivity index (χ2v) is 13.1. The Morgan fingerprint density at radius 2 is 1.61 bits per heavy atom. The Bertz CT molecular complexity index is 1390. The number of hydrogen-bond acceptors (Lipinski definition) is 9. The third-order valence-corrected chi connectivity index (χ3v) is 9.34. The topological polar surface area (TPSA) is 182 Å². The average Bonchev–Trinajstić information content (AvgIpc) is 3.29. The maximum absolute atomic E-state index is 13.4. The molecule has 0 spiro atoms. The summed E-state index contributed by atoms with van der Waals surface area (Å²) < 4.78 is 45.3. The van der Waals surface area contributed by atoms with Crippen LogP contribution in [0.4, 0.5) is 9.59 Å². The molecule has 14 nitrogen and oxygen atoms in total. The van der Waals surface area contributed by atoms with E-state index in [9.17, 15) is 22.8 Å². The first-order chi connectivity index (χ1) is 20.6. The molecule has 1 atom stereocenters. The Kier molecular flexibility index (Phi) is 11.3. The molecule has 3 rings (SSSR count). The van der Waals surface area contributed by atoms with Crippen molar-refractivity contribution >= 4 is 34.1 Å². The van der Waals surface area contributed by atoms with E-state index in [2.05, 4.69) is 15.0 Å². The predicted octanol–water partition coefficient (Wildman–Crippen LogP) is 2.11. The SMILES string of the molecule is CCOC(=O)N[C@@H](CCCN=C(N)NS(=O)(=O)c1c(C)c(C)c2c(c1C)CC(C)(C)O2)C(=O)N1CCN(C(=O)OCC)CC1. The molecule has 2 heterocycles. The maximum Gasteiger partial charge on any atom is 0.409 e. The number of piperazine rings is 1. The minimum Gasteiger partial charge on any atom is -0.487 e. The molecular formula is C29H46N6O8S. The first-order valence-electron chi connectivity index (χ1n) is 14.9. The van der Waals surface area contributed by atoms with Gasteiger partial charge >= 0.3 is 12.2 Å². The van der Waals surface area contributed by atoms with Crippen molar-refractivity contribution in [3.05, 3.63) is 22.3 Å². The number of ether oxygens (including phenoxy) is 3. The van der Waals surface area contributed by atoms with Gasteiger partial charge in [0.15, 0.2) is 0 Å². The summed E-state index contributed by atoms with van der Waals surface area (Å²) >= 11 is 0. The van der Waals surface area contributed by atoms with E-state index in [0.29, 0.717) is 37.1 Å². The number of sulfonamides is 1. The molecule has 1 aromatic carbocycles. The van der Waals surface area contributed by atoms with Gasteiger partial charge in [0.05, 0.1) is 18.1 Å². The number of benzene rings is 1. The van der Waals surface area contributed by atoms with Crippen LogP contribution in [0.25, 0.3) is 0 Å². The van der Waals surface area contributed by atoms with Gasteiger partial charge in [-0.25, -0.2) is 22.7 Å². The van der Waals surface area contributed by atoms with Gasteiger partial charge in [0, 0.05) is 44.7 Å². The van der Waals surface area contributed by atoms with Gasteiger partial charge in [0.1, 0.15) is 17.4 Å². The van der Waals surface area contributed by atoms with E-state index in [1.807, 2.05) is 20.8 Å². The van der Waals surface area contributed by atoms with Crippen molar-refractivity contribution in [2.45, 2.75) is 84.3 Å². The standard InChI is InChI=1S/C29H46N6O8S/c1-8-41-27(37)32-22(25(36)34-13-15-35(16-14-34)28(38)42-9-2)11-10-12-31-26(30)33-44(39,40)24-19(4)18(3)23-21(20(24)5)17-29(6,7)43-23/h22H,8-17H2,1-7H3,(H,32,37)(H3,30,31,33)/t22-/m0/s1. The number of nitrogens with two attached hydrogens (primary N) is 1. The quantitative estimate of drug-likeness (QED) is 0.196. The number of carbonyl (C=O) groups excluding carboxylic acids is 3. The summed E-state index contributed by atoms with van der Waals surface area (Å²) in [5, 5.41) is 2.60. The van der Waals surface area contributed by atoms with Crippen LogP contribution in [0.2, 0.25) is 0 Å². The van der Waals surface area contributed by atoms with Crippen LogP contribution >= 0.6 is 0 Å². The third kappa shape index (κ3) is 8.24. The molecule has 0 bridgehead atoms. The van der Waals surface area contributed by atoms with Gasteiger partial charge in [0.25, 0.3) is 10.0 Å². The monoisotopic (exact) mass is 638 g/mol. The molecule has 0 radical (unpaired) electrons. The van der Waals surface area contributed by atoms with Crippen LogP contribution in [0.15, 0.2) is 9.89 Å². The van der Waals surface area contributed by atoms with Gasteiger partial charge in [-0.15, -0.1) is 0 Å². The maximum atomic E-state index is 13.4. The van der Waals surface area contributed by atoms with Crippen molar-refractivity contribution in [2.24, 2.45) is 10.7 Å². The molecule has 1 aromatic rings. The number of carbonyl (C=O) groups is 3. The summed E-state index contributed by atoms with van der Waals surface area (Å²) in [5.74, 6) is 0.131. The molecule has 0 unspecified atom stereocenters. The van der Waals surface area contributed by atoms with Gasteiger partial charge in [-0.05, 0) is 78.0 Å². The average molecular weight is 639 g/mol. The molecule has 2 aliphatic heterocycles. The lowest BCUT2D eigenvalue weighted by Crippen LogP contribution is -2.56. The molecule has 44 heavy (non-hydrogen) atoms. The Hall–Kier alpha value is -3.75. The Labute approximate surface area is 259 Å². The zero-order chi connectivity index (χ0) is 32.8. The van der Waals surface area contributed by atoms with E-state index in [-0.39, 0.29) is 56.0 Å². The van der Waals surface area contributed by atoms with Gasteiger partial charge in [0.2, 0.25) is 11.9 Å². The van der Waals surface area contributed by atoms with Crippen LogP contribution in [0.1, 0.15) is 62.8 Å². The summed E-state index contributed by atoms with van der Waals surface area (Å²) in [6.07, 6.45) is -0.0481. The van der Waals surface area contributed by atoms with Gasteiger partial charge in [-0.2, -0.15) is 0 Å². The zero-order valence-electron chi connectivity index (χ0n) is 26.7. The number of amides is 3. The predicted molar refractivity (Wildman–Crippen MR) is 164 cm³/mol. The number of nitrogens with one attached hydrogen (secondary N) is 2. The van der Waals surface area contributed by atoms with Crippen LogP contribution in [0.3, 0.4) is 0 Å². The highest BCUT2D eigenvalue weighted by Gasteiger charge is 2.37. The van der Waals surface area contributed by atoms with Crippen LogP contribution < -0.4 is 20.5 Å². The molecule has 0 aromatic heterocycles. The fourth-order valence-corrected chi connectivity index (χ4v) is 7.00. The van der Waals surface area contributed by atoms with Gasteiger partial charge in [-0.1, -0.05) is 0 Å². The molecule has 0 saturated carbocycles. The van der Waals surface area contributed by atoms with Crippen molar-refractivity contribution in [1.29, 1.82) is 0 Å². The minimum absolute atomic E-state index is 0.0997. The second kappa shape index (κ2) is 14.4. The van der Waals surface area contributed by atoms with E-state index < -0.39 is 33.9 Å². The Morgan fingerprint density at radius 1 is 1.00 bits per heavy atom. The Balaban J connectivity index is 1.64. The van der Waals surface area contributed by atoms with Crippen LogP contribution in [-0.2, 0) is 30.7 Å². The number of hydrogen-bond donors (Lipinski definition) is 3. The van der Waals surface area contributed by atoms with Crippen molar-refractivity contribution in [3.8, 4) is 5.75 Å². The molecule has 246 valence electrons. The molecule has 3 amide bonds. The van der Waals surface area contributed by atoms with Gasteiger partial charge in [-0.3, -0.25) is 9.79 Å². The summed E-state index contributed by atoms with van der Waals surface area (Å²) in [6.45, 7) is 14.4. The molecule has 0 aliphatic carbocycles. The van der Waals surface area contributed by atoms with Crippen molar-refractivity contribution in [1.82, 2.24) is 19.8 Å². The van der Waals surface area contributed by atoms with Crippen LogP contribution in [-0.4, -0.2) is 99.9 Å². The Morgan fingerprint density at radius 3 is 2.23 bits per heavy atom. The van der Waals surface area contributed by atoms with E-state index in [4.69, 9.17) is 19.9 Å². The molecular weight excluding hydrogens is 592 g/mol. The van der Waals surface area contributed by atoms with E-state index in [1.165, 1.54) is 4.90 Å². The highest BCUT2D eigenvalue weighted by Crippen LogP contribution is 2.43. The lowest BCUT2D eigenvalue weighted by molar-refractivity contribution is -0.135. The summed E-state index contributed by atoms with van der Waals surface area (Å²) in [4.78, 5) is 44.9. The molecule has 15 heteroatoms. The highest BCUT2D eigenvalue weighted by molar-refractivity contribution is 7.90. The number of rotatable bonds is 10. The first kappa shape index (κ1) is 34.7. The number of alkyl carbamates (subject to hydrolysis) is 1. The fourth-order valence-electron chi connectivity index (χ4n) is 5.48. The molecule has 2 aliphatic rings. The molecule has 1 saturated heterocycles. The van der Waals surface area contributed by atoms with E-state index >= 15 is 0 Å². The van der Waals surface area contributed by atoms with E-state index in [0.717, 1.165) is 16.9 Å². The van der Waals surface area contributed by atoms with Crippen molar-refractivity contribution in [2.75, 3.05) is 45.9 Å². The number of nitrogens with zero attached hydrogens (tertiary/aromatic N) is 3. The summed E-state index contributed by atoms with van der Waals surface area (Å²) in [5.41, 5.74) is 8.38. The number of fused-ring (bicyclic) bond motifs is 1. The first-order valence-corrected chi connectivity index (χ1v) is 16.4. The normalized spacial score (nSPS) is 16.9. The summed E-state index contributed by atoms with van der Waals surface area (Å²) in [7, 11) is -4.05.